The van der Waals surface area contributed by atoms with E-state index >= 15 is 0 Å². The van der Waals surface area contributed by atoms with Crippen LogP contribution in [0.1, 0.15) is 75.0 Å². The Morgan fingerprint density at radius 3 is 1.61 bits per heavy atom. The molecule has 3 rings (SSSR count). The molecule has 3 aromatic rings. The highest BCUT2D eigenvalue weighted by Gasteiger charge is 2.30. The van der Waals surface area contributed by atoms with Crippen molar-refractivity contribution in [3.05, 3.63) is 107 Å². The number of carbonyl (C=O) groups is 2. The number of carbonyl (C=O) groups excluding carboxylic acids is 2. The van der Waals surface area contributed by atoms with Gasteiger partial charge in [-0.3, -0.25) is 9.59 Å². The van der Waals surface area contributed by atoms with Gasteiger partial charge >= 0.3 is 11.9 Å². The predicted molar refractivity (Wildman–Crippen MR) is 173 cm³/mol. The van der Waals surface area contributed by atoms with Gasteiger partial charge in [-0.1, -0.05) is 84.9 Å². The zero-order chi connectivity index (χ0) is 29.7. The first-order chi connectivity index (χ1) is 19.6. The van der Waals surface area contributed by atoms with Crippen LogP contribution in [-0.2, 0) is 38.0 Å². The monoisotopic (exact) mass is 592 g/mol. The molecule has 6 heteroatoms. The van der Waals surface area contributed by atoms with Crippen molar-refractivity contribution in [1.29, 1.82) is 0 Å². The second-order valence-corrected chi connectivity index (χ2v) is 14.3. The lowest BCUT2D eigenvalue weighted by molar-refractivity contribution is -0.156. The van der Waals surface area contributed by atoms with Crippen LogP contribution in [0.3, 0.4) is 0 Å². The van der Waals surface area contributed by atoms with Crippen molar-refractivity contribution in [1.82, 2.24) is 0 Å². The summed E-state index contributed by atoms with van der Waals surface area (Å²) < 4.78 is 11.1. The summed E-state index contributed by atoms with van der Waals surface area (Å²) in [6.45, 7) is 10.7. The molecule has 41 heavy (non-hydrogen) atoms. The molecule has 1 atom stereocenters. The largest absolute Gasteiger partial charge is 0.460 e. The molecule has 4 nitrogen and oxygen atoms in total. The van der Waals surface area contributed by atoms with Gasteiger partial charge in [0.25, 0.3) is 0 Å². The summed E-state index contributed by atoms with van der Waals surface area (Å²) in [5, 5.41) is 0.343. The van der Waals surface area contributed by atoms with Gasteiger partial charge in [-0.05, 0) is 81.2 Å². The normalized spacial score (nSPS) is 12.5. The number of benzene rings is 3. The van der Waals surface area contributed by atoms with Crippen molar-refractivity contribution in [3.63, 3.8) is 0 Å². The minimum atomic E-state index is -0.518. The van der Waals surface area contributed by atoms with E-state index in [1.807, 2.05) is 112 Å². The quantitative estimate of drug-likeness (QED) is 0.122. The van der Waals surface area contributed by atoms with E-state index in [1.165, 1.54) is 11.1 Å². The third-order valence-corrected chi connectivity index (χ3v) is 9.46. The third-order valence-electron chi connectivity index (χ3n) is 7.21. The van der Waals surface area contributed by atoms with Crippen LogP contribution in [-0.4, -0.2) is 23.4 Å². The fraction of sp³-hybridized carbons (Fsp3) is 0.429. The summed E-state index contributed by atoms with van der Waals surface area (Å²) in [5.41, 5.74) is 3.55. The molecule has 0 saturated carbocycles. The molecule has 0 aliphatic carbocycles. The number of thioether (sulfide) groups is 2. The molecule has 0 saturated heterocycles. The van der Waals surface area contributed by atoms with Gasteiger partial charge in [0.2, 0.25) is 0 Å². The standard InChI is InChI=1S/C35H44O4S2/c1-27(41-23-21-35(4,5)33(37)39-25-29-14-10-7-11-15-29)31-18-16-30(17-19-31)26-40-22-20-34(2,3)32(36)38-24-28-12-8-6-9-13-28/h6-19,27H,20-26H2,1-5H3. The lowest BCUT2D eigenvalue weighted by atomic mass is 9.90. The molecule has 0 fully saturated rings. The first-order valence-electron chi connectivity index (χ1n) is 14.3. The molecule has 0 radical (unpaired) electrons. The maximum absolute atomic E-state index is 12.6. The number of ether oxygens (including phenoxy) is 2. The van der Waals surface area contributed by atoms with Crippen LogP contribution in [0.2, 0.25) is 0 Å². The van der Waals surface area contributed by atoms with Gasteiger partial charge in [-0.25, -0.2) is 0 Å². The highest BCUT2D eigenvalue weighted by atomic mass is 32.2. The fourth-order valence-corrected chi connectivity index (χ4v) is 6.59. The molecule has 0 spiro atoms. The van der Waals surface area contributed by atoms with Gasteiger partial charge in [0.1, 0.15) is 13.2 Å². The van der Waals surface area contributed by atoms with Gasteiger partial charge < -0.3 is 9.47 Å². The van der Waals surface area contributed by atoms with Gasteiger partial charge in [0.05, 0.1) is 10.8 Å². The van der Waals surface area contributed by atoms with Crippen molar-refractivity contribution in [2.45, 2.75) is 71.7 Å². The zero-order valence-electron chi connectivity index (χ0n) is 25.1. The van der Waals surface area contributed by atoms with Crippen molar-refractivity contribution in [2.24, 2.45) is 10.8 Å². The zero-order valence-corrected chi connectivity index (χ0v) is 26.7. The SMILES string of the molecule is CC(SCCC(C)(C)C(=O)OCc1ccccc1)c1ccc(CSCCC(C)(C)C(=O)OCc2ccccc2)cc1. The van der Waals surface area contributed by atoms with E-state index < -0.39 is 10.8 Å². The Morgan fingerprint density at radius 1 is 0.659 bits per heavy atom. The third kappa shape index (κ3) is 11.2. The van der Waals surface area contributed by atoms with Crippen LogP contribution >= 0.6 is 23.5 Å². The Bertz CT molecular complexity index is 1210. The van der Waals surface area contributed by atoms with Crippen molar-refractivity contribution >= 4 is 35.5 Å². The molecule has 0 aliphatic rings. The second-order valence-electron chi connectivity index (χ2n) is 11.7. The molecule has 0 aromatic heterocycles. The Balaban J connectivity index is 1.34. The van der Waals surface area contributed by atoms with E-state index in [4.69, 9.17) is 9.47 Å². The summed E-state index contributed by atoms with van der Waals surface area (Å²) in [6, 6.07) is 28.4. The molecular weight excluding hydrogens is 549 g/mol. The molecule has 220 valence electrons. The molecule has 0 aliphatic heterocycles. The van der Waals surface area contributed by atoms with Crippen LogP contribution in [0.15, 0.2) is 84.9 Å². The van der Waals surface area contributed by atoms with E-state index in [1.54, 1.807) is 0 Å². The highest BCUT2D eigenvalue weighted by Crippen LogP contribution is 2.33. The Labute approximate surface area is 255 Å². The van der Waals surface area contributed by atoms with Crippen molar-refractivity contribution < 1.29 is 19.1 Å². The van der Waals surface area contributed by atoms with Gasteiger partial charge in [-0.15, -0.1) is 0 Å². The summed E-state index contributed by atoms with van der Waals surface area (Å²) in [5.74, 6) is 2.39. The van der Waals surface area contributed by atoms with Crippen LogP contribution in [0.4, 0.5) is 0 Å². The number of hydrogen-bond donors (Lipinski definition) is 0. The summed E-state index contributed by atoms with van der Waals surface area (Å²) in [6.07, 6.45) is 1.54. The lowest BCUT2D eigenvalue weighted by Gasteiger charge is -2.23. The Hall–Kier alpha value is -2.70. The minimum Gasteiger partial charge on any atom is -0.460 e. The first-order valence-corrected chi connectivity index (χ1v) is 16.5. The van der Waals surface area contributed by atoms with E-state index in [0.717, 1.165) is 41.2 Å². The van der Waals surface area contributed by atoms with E-state index in [2.05, 4.69) is 31.2 Å². The van der Waals surface area contributed by atoms with Crippen LogP contribution in [0.25, 0.3) is 0 Å². The fourth-order valence-electron chi connectivity index (χ4n) is 4.03. The van der Waals surface area contributed by atoms with Gasteiger partial charge in [-0.2, -0.15) is 23.5 Å². The topological polar surface area (TPSA) is 52.6 Å². The number of hydrogen-bond acceptors (Lipinski definition) is 6. The second kappa shape index (κ2) is 16.1. The van der Waals surface area contributed by atoms with Crippen LogP contribution in [0, 0.1) is 10.8 Å². The average molecular weight is 593 g/mol. The summed E-state index contributed by atoms with van der Waals surface area (Å²) >= 11 is 3.71. The Morgan fingerprint density at radius 2 is 1.12 bits per heavy atom. The molecule has 0 bridgehead atoms. The van der Waals surface area contributed by atoms with Gasteiger partial charge in [0.15, 0.2) is 0 Å². The minimum absolute atomic E-state index is 0.148. The maximum Gasteiger partial charge on any atom is 0.311 e. The average Bonchev–Trinajstić information content (AvgIpc) is 2.98. The molecule has 1 unspecified atom stereocenters. The Kier molecular flexibility index (Phi) is 12.9. The lowest BCUT2D eigenvalue weighted by Crippen LogP contribution is -2.27. The van der Waals surface area contributed by atoms with Crippen LogP contribution < -0.4 is 0 Å². The predicted octanol–water partition coefficient (Wildman–Crippen LogP) is 9.03. The molecule has 0 heterocycles. The smallest absolute Gasteiger partial charge is 0.311 e. The maximum atomic E-state index is 12.6. The molecule has 0 N–H and O–H groups in total. The van der Waals surface area contributed by atoms with E-state index in [9.17, 15) is 9.59 Å². The van der Waals surface area contributed by atoms with E-state index in [-0.39, 0.29) is 11.9 Å². The van der Waals surface area contributed by atoms with Crippen molar-refractivity contribution in [3.8, 4) is 0 Å². The molecule has 3 aromatic carbocycles. The summed E-state index contributed by atoms with van der Waals surface area (Å²) in [4.78, 5) is 25.2. The molecular formula is C35H44O4S2. The van der Waals surface area contributed by atoms with Crippen molar-refractivity contribution in [2.75, 3.05) is 11.5 Å². The first kappa shape index (κ1) is 32.8. The highest BCUT2D eigenvalue weighted by molar-refractivity contribution is 7.99. The molecule has 0 amide bonds. The number of rotatable bonds is 16. The van der Waals surface area contributed by atoms with Crippen LogP contribution in [0.5, 0.6) is 0 Å². The summed E-state index contributed by atoms with van der Waals surface area (Å²) in [7, 11) is 0. The van der Waals surface area contributed by atoms with Gasteiger partial charge in [0, 0.05) is 11.0 Å². The van der Waals surface area contributed by atoms with E-state index in [0.29, 0.717) is 18.5 Å². The number of esters is 2.